The van der Waals surface area contributed by atoms with Gasteiger partial charge in [-0.15, -0.1) is 11.6 Å². The van der Waals surface area contributed by atoms with Crippen LogP contribution in [0.25, 0.3) is 11.0 Å². The number of hydrogen-bond acceptors (Lipinski definition) is 7. The predicted molar refractivity (Wildman–Crippen MR) is 109 cm³/mol. The summed E-state index contributed by atoms with van der Waals surface area (Å²) >= 11 is 6.12. The molecule has 0 aliphatic carbocycles. The highest BCUT2D eigenvalue weighted by atomic mass is 35.5. The van der Waals surface area contributed by atoms with Gasteiger partial charge < -0.3 is 18.8 Å². The Morgan fingerprint density at radius 3 is 2.62 bits per heavy atom. The molecule has 0 amide bonds. The molecule has 8 nitrogen and oxygen atoms in total. The highest BCUT2D eigenvalue weighted by molar-refractivity contribution is 7.84. The summed E-state index contributed by atoms with van der Waals surface area (Å²) in [4.78, 5) is 20.7. The summed E-state index contributed by atoms with van der Waals surface area (Å²) in [5.74, 6) is 0.515. The number of methoxy groups -OCH3 is 3. The summed E-state index contributed by atoms with van der Waals surface area (Å²) in [6.45, 7) is 1.79. The molecule has 1 atom stereocenters. The van der Waals surface area contributed by atoms with E-state index in [4.69, 9.17) is 25.8 Å². The Bertz CT molecular complexity index is 1100. The third-order valence-corrected chi connectivity index (χ3v) is 5.92. The lowest BCUT2D eigenvalue weighted by molar-refractivity contribution is 0.0600. The molecule has 0 spiro atoms. The fourth-order valence-electron chi connectivity index (χ4n) is 3.01. The first-order chi connectivity index (χ1) is 13.9. The average molecular weight is 438 g/mol. The summed E-state index contributed by atoms with van der Waals surface area (Å²) in [5.41, 5.74) is 2.77. The van der Waals surface area contributed by atoms with Crippen molar-refractivity contribution in [2.24, 2.45) is 0 Å². The molecule has 0 aliphatic heterocycles. The van der Waals surface area contributed by atoms with Crippen molar-refractivity contribution in [2.75, 3.05) is 21.3 Å². The number of rotatable bonds is 7. The van der Waals surface area contributed by atoms with E-state index in [0.29, 0.717) is 39.4 Å². The minimum absolute atomic E-state index is 0.0528. The van der Waals surface area contributed by atoms with Gasteiger partial charge in [0.25, 0.3) is 0 Å². The van der Waals surface area contributed by atoms with E-state index in [0.717, 1.165) is 0 Å². The van der Waals surface area contributed by atoms with Crippen LogP contribution in [0.5, 0.6) is 11.5 Å². The number of esters is 1. The second kappa shape index (κ2) is 8.79. The molecular formula is C19H20ClN3O5S. The number of benzene rings is 1. The van der Waals surface area contributed by atoms with Gasteiger partial charge in [-0.05, 0) is 24.6 Å². The SMILES string of the molecule is COC(=O)c1cc2nc(S(=O)Cc3nccc(OC)c3OC)n(CCl)c2cc1C. The van der Waals surface area contributed by atoms with Crippen LogP contribution < -0.4 is 9.47 Å². The van der Waals surface area contributed by atoms with Crippen molar-refractivity contribution >= 4 is 39.4 Å². The van der Waals surface area contributed by atoms with E-state index in [1.165, 1.54) is 21.3 Å². The number of pyridine rings is 1. The van der Waals surface area contributed by atoms with Crippen LogP contribution in [-0.4, -0.2) is 46.0 Å². The van der Waals surface area contributed by atoms with Crippen molar-refractivity contribution in [1.82, 2.24) is 14.5 Å². The van der Waals surface area contributed by atoms with Gasteiger partial charge in [-0.1, -0.05) is 0 Å². The Labute approximate surface area is 175 Å². The normalized spacial score (nSPS) is 12.0. The highest BCUT2D eigenvalue weighted by Gasteiger charge is 2.22. The number of aromatic nitrogens is 3. The quantitative estimate of drug-likeness (QED) is 0.414. The zero-order valence-corrected chi connectivity index (χ0v) is 18.0. The van der Waals surface area contributed by atoms with Crippen LogP contribution in [0.15, 0.2) is 29.6 Å². The number of carbonyl (C=O) groups excluding carboxylic acids is 1. The van der Waals surface area contributed by atoms with Crippen molar-refractivity contribution in [3.05, 3.63) is 41.2 Å². The Kier molecular flexibility index (Phi) is 6.39. The van der Waals surface area contributed by atoms with E-state index in [2.05, 4.69) is 9.97 Å². The van der Waals surface area contributed by atoms with E-state index in [9.17, 15) is 9.00 Å². The Morgan fingerprint density at radius 2 is 2.00 bits per heavy atom. The summed E-state index contributed by atoms with van der Waals surface area (Å²) in [6, 6.07) is 5.11. The van der Waals surface area contributed by atoms with Crippen LogP contribution in [0.2, 0.25) is 0 Å². The zero-order chi connectivity index (χ0) is 21.1. The lowest BCUT2D eigenvalue weighted by Gasteiger charge is -2.11. The molecule has 154 valence electrons. The minimum Gasteiger partial charge on any atom is -0.493 e. The second-order valence-electron chi connectivity index (χ2n) is 6.07. The Morgan fingerprint density at radius 1 is 1.24 bits per heavy atom. The number of hydrogen-bond donors (Lipinski definition) is 0. The molecule has 0 radical (unpaired) electrons. The number of fused-ring (bicyclic) bond motifs is 1. The maximum absolute atomic E-state index is 13.1. The lowest BCUT2D eigenvalue weighted by atomic mass is 10.1. The maximum Gasteiger partial charge on any atom is 0.338 e. The smallest absolute Gasteiger partial charge is 0.338 e. The van der Waals surface area contributed by atoms with E-state index < -0.39 is 16.8 Å². The highest BCUT2D eigenvalue weighted by Crippen LogP contribution is 2.31. The number of ether oxygens (including phenoxy) is 3. The summed E-state index contributed by atoms with van der Waals surface area (Å²) in [5, 5.41) is 0.281. The van der Waals surface area contributed by atoms with Gasteiger partial charge in [0, 0.05) is 12.3 Å². The predicted octanol–water partition coefficient (Wildman–Crippen LogP) is 3.05. The first-order valence-corrected chi connectivity index (χ1v) is 10.4. The van der Waals surface area contributed by atoms with Gasteiger partial charge >= 0.3 is 5.97 Å². The molecule has 3 rings (SSSR count). The summed E-state index contributed by atoms with van der Waals surface area (Å²) < 4.78 is 30.2. The number of carbonyl (C=O) groups is 1. The molecule has 2 aromatic heterocycles. The standard InChI is InChI=1S/C19H20ClN3O5S/c1-11-7-15-13(8-12(11)18(24)28-4)22-19(23(15)10-20)29(25)9-14-17(27-3)16(26-2)5-6-21-14/h5-8H,9-10H2,1-4H3. The van der Waals surface area contributed by atoms with Crippen molar-refractivity contribution in [2.45, 2.75) is 23.8 Å². The van der Waals surface area contributed by atoms with E-state index in [1.54, 1.807) is 35.9 Å². The van der Waals surface area contributed by atoms with Crippen LogP contribution in [0.1, 0.15) is 21.6 Å². The molecule has 0 bridgehead atoms. The molecule has 0 N–H and O–H groups in total. The molecule has 1 aromatic carbocycles. The molecule has 29 heavy (non-hydrogen) atoms. The fourth-order valence-corrected chi connectivity index (χ4v) is 4.52. The minimum atomic E-state index is -1.57. The largest absolute Gasteiger partial charge is 0.493 e. The zero-order valence-electron chi connectivity index (χ0n) is 16.4. The third-order valence-electron chi connectivity index (χ3n) is 4.42. The number of alkyl halides is 1. The van der Waals surface area contributed by atoms with Crippen molar-refractivity contribution in [3.63, 3.8) is 0 Å². The van der Waals surface area contributed by atoms with E-state index in [-0.39, 0.29) is 16.9 Å². The fraction of sp³-hybridized carbons (Fsp3) is 0.316. The van der Waals surface area contributed by atoms with Gasteiger partial charge in [0.2, 0.25) is 5.16 Å². The van der Waals surface area contributed by atoms with Crippen molar-refractivity contribution in [1.29, 1.82) is 0 Å². The van der Waals surface area contributed by atoms with Crippen LogP contribution in [0.4, 0.5) is 0 Å². The summed E-state index contributed by atoms with van der Waals surface area (Å²) in [7, 11) is 2.76. The average Bonchev–Trinajstić information content (AvgIpc) is 3.09. The maximum atomic E-state index is 13.1. The molecule has 0 saturated carbocycles. The first kappa shape index (κ1) is 21.1. The topological polar surface area (TPSA) is 92.5 Å². The molecular weight excluding hydrogens is 418 g/mol. The Balaban J connectivity index is 2.05. The van der Waals surface area contributed by atoms with Gasteiger partial charge in [0.05, 0.1) is 66.2 Å². The van der Waals surface area contributed by atoms with Crippen molar-refractivity contribution in [3.8, 4) is 11.5 Å². The molecule has 1 unspecified atom stereocenters. The number of aryl methyl sites for hydroxylation is 1. The number of halogens is 1. The summed E-state index contributed by atoms with van der Waals surface area (Å²) in [6.07, 6.45) is 1.56. The van der Waals surface area contributed by atoms with Crippen LogP contribution >= 0.6 is 11.6 Å². The van der Waals surface area contributed by atoms with Crippen LogP contribution in [0, 0.1) is 6.92 Å². The van der Waals surface area contributed by atoms with E-state index in [1.807, 2.05) is 0 Å². The molecule has 0 fully saturated rings. The molecule has 0 aliphatic rings. The van der Waals surface area contributed by atoms with Gasteiger partial charge in [0.1, 0.15) is 0 Å². The van der Waals surface area contributed by atoms with E-state index >= 15 is 0 Å². The van der Waals surface area contributed by atoms with Crippen LogP contribution in [0.3, 0.4) is 0 Å². The molecule has 10 heteroatoms. The van der Waals surface area contributed by atoms with Crippen molar-refractivity contribution < 1.29 is 23.2 Å². The van der Waals surface area contributed by atoms with Gasteiger partial charge in [-0.25, -0.2) is 9.78 Å². The van der Waals surface area contributed by atoms with Gasteiger partial charge in [-0.3, -0.25) is 9.19 Å². The molecule has 2 heterocycles. The van der Waals surface area contributed by atoms with Crippen LogP contribution in [-0.2, 0) is 27.3 Å². The number of imidazole rings is 1. The molecule has 3 aromatic rings. The van der Waals surface area contributed by atoms with Gasteiger partial charge in [0.15, 0.2) is 11.5 Å². The first-order valence-electron chi connectivity index (χ1n) is 8.54. The lowest BCUT2D eigenvalue weighted by Crippen LogP contribution is -2.08. The third kappa shape index (κ3) is 3.92. The second-order valence-corrected chi connectivity index (χ2v) is 7.66. The Hall–Kier alpha value is -2.65. The molecule has 0 saturated heterocycles. The van der Waals surface area contributed by atoms with Gasteiger partial charge in [-0.2, -0.15) is 0 Å². The monoisotopic (exact) mass is 437 g/mol. The number of nitrogens with zero attached hydrogens (tertiary/aromatic N) is 3.